The normalized spacial score (nSPS) is 14.6. The molecule has 1 aromatic carbocycles. The number of nitrogens with zero attached hydrogens (tertiary/aromatic N) is 5. The molecule has 4 heterocycles. The lowest BCUT2D eigenvalue weighted by Gasteiger charge is -2.14. The fraction of sp³-hybridized carbons (Fsp3) is 0.250. The van der Waals surface area contributed by atoms with Gasteiger partial charge in [-0.2, -0.15) is 22.8 Å². The Labute approximate surface area is 193 Å². The molecule has 1 saturated heterocycles. The molecule has 10 heteroatoms. The molecule has 34 heavy (non-hydrogen) atoms. The van der Waals surface area contributed by atoms with Crippen LogP contribution in [0, 0.1) is 0 Å². The summed E-state index contributed by atoms with van der Waals surface area (Å²) in [5.41, 5.74) is 0.909. The summed E-state index contributed by atoms with van der Waals surface area (Å²) in [5.74, 6) is -0.126. The van der Waals surface area contributed by atoms with Crippen molar-refractivity contribution in [1.29, 1.82) is 0 Å². The summed E-state index contributed by atoms with van der Waals surface area (Å²) in [4.78, 5) is 23.8. The van der Waals surface area contributed by atoms with Crippen molar-refractivity contribution in [3.63, 3.8) is 0 Å². The molecule has 0 bridgehead atoms. The van der Waals surface area contributed by atoms with E-state index in [1.807, 2.05) is 0 Å². The van der Waals surface area contributed by atoms with Crippen molar-refractivity contribution >= 4 is 17.4 Å². The van der Waals surface area contributed by atoms with Crippen molar-refractivity contribution in [3.8, 4) is 11.3 Å². The molecule has 1 fully saturated rings. The van der Waals surface area contributed by atoms with E-state index in [4.69, 9.17) is 0 Å². The van der Waals surface area contributed by atoms with E-state index < -0.39 is 11.7 Å². The third-order valence-corrected chi connectivity index (χ3v) is 5.78. The summed E-state index contributed by atoms with van der Waals surface area (Å²) in [6.07, 6.45) is 0.826. The highest BCUT2D eigenvalue weighted by Crippen LogP contribution is 2.36. The van der Waals surface area contributed by atoms with Gasteiger partial charge in [0.2, 0.25) is 0 Å². The Morgan fingerprint density at radius 2 is 1.82 bits per heavy atom. The highest BCUT2D eigenvalue weighted by Gasteiger charge is 2.33. The van der Waals surface area contributed by atoms with Gasteiger partial charge in [0.25, 0.3) is 5.91 Å². The van der Waals surface area contributed by atoms with Gasteiger partial charge in [-0.05, 0) is 56.3 Å². The van der Waals surface area contributed by atoms with Crippen molar-refractivity contribution in [2.24, 2.45) is 0 Å². The second kappa shape index (κ2) is 8.86. The van der Waals surface area contributed by atoms with Crippen LogP contribution in [0.25, 0.3) is 16.9 Å². The number of rotatable bonds is 5. The summed E-state index contributed by atoms with van der Waals surface area (Å²) >= 11 is 0. The molecule has 1 aliphatic heterocycles. The van der Waals surface area contributed by atoms with Gasteiger partial charge in [-0.1, -0.05) is 18.2 Å². The van der Waals surface area contributed by atoms with Gasteiger partial charge in [0.05, 0.1) is 23.1 Å². The van der Waals surface area contributed by atoms with Gasteiger partial charge in [0, 0.05) is 23.9 Å². The van der Waals surface area contributed by atoms with Gasteiger partial charge in [-0.3, -0.25) is 14.7 Å². The minimum Gasteiger partial charge on any atom is -0.305 e. The zero-order chi connectivity index (χ0) is 23.7. The van der Waals surface area contributed by atoms with Crippen LogP contribution in [0.15, 0.2) is 60.9 Å². The topological polar surface area (TPSA) is 75.4 Å². The lowest BCUT2D eigenvalue weighted by molar-refractivity contribution is -0.137. The molecule has 3 aromatic heterocycles. The summed E-state index contributed by atoms with van der Waals surface area (Å²) in [6, 6.07) is 11.6. The van der Waals surface area contributed by atoms with Crippen LogP contribution in [0.4, 0.5) is 19.0 Å². The standard InChI is InChI=1S/C24H21F3N6O/c25-24(26,27)19-6-2-1-5-18(19)20-7-8-21-29-14-22(33(21)31-20)30-23(34)16-9-10-28-17(13-16)15-32-11-3-4-12-32/h1-2,5-10,13-14H,3-4,11-12,15H2,(H,30,34). The number of nitrogens with one attached hydrogen (secondary N) is 1. The Morgan fingerprint density at radius 1 is 1.03 bits per heavy atom. The number of imidazole rings is 1. The molecule has 5 rings (SSSR count). The first-order valence-corrected chi connectivity index (χ1v) is 10.9. The van der Waals surface area contributed by atoms with Gasteiger partial charge in [-0.25, -0.2) is 4.98 Å². The van der Waals surface area contributed by atoms with Crippen molar-refractivity contribution in [2.45, 2.75) is 25.6 Å². The zero-order valence-corrected chi connectivity index (χ0v) is 18.1. The number of aromatic nitrogens is 4. The third kappa shape index (κ3) is 4.49. The molecule has 1 N–H and O–H groups in total. The van der Waals surface area contributed by atoms with Crippen LogP contribution in [-0.2, 0) is 12.7 Å². The minimum absolute atomic E-state index is 0.0523. The van der Waals surface area contributed by atoms with Gasteiger partial charge in [-0.15, -0.1) is 0 Å². The van der Waals surface area contributed by atoms with Crippen LogP contribution >= 0.6 is 0 Å². The number of amides is 1. The molecular weight excluding hydrogens is 445 g/mol. The third-order valence-electron chi connectivity index (χ3n) is 5.78. The van der Waals surface area contributed by atoms with Crippen molar-refractivity contribution in [1.82, 2.24) is 24.5 Å². The van der Waals surface area contributed by atoms with Gasteiger partial charge in [0.1, 0.15) is 0 Å². The number of hydrogen-bond acceptors (Lipinski definition) is 5. The average molecular weight is 466 g/mol. The molecule has 0 radical (unpaired) electrons. The van der Waals surface area contributed by atoms with E-state index >= 15 is 0 Å². The lowest BCUT2D eigenvalue weighted by atomic mass is 10.0. The molecule has 0 spiro atoms. The number of alkyl halides is 3. The Hall–Kier alpha value is -3.79. The van der Waals surface area contributed by atoms with E-state index in [9.17, 15) is 18.0 Å². The smallest absolute Gasteiger partial charge is 0.305 e. The average Bonchev–Trinajstić information content (AvgIpc) is 3.48. The number of hydrogen-bond donors (Lipinski definition) is 1. The molecule has 0 unspecified atom stereocenters. The molecule has 0 aliphatic carbocycles. The van der Waals surface area contributed by atoms with E-state index in [1.165, 1.54) is 35.0 Å². The SMILES string of the molecule is O=C(Nc1cnc2ccc(-c3ccccc3C(F)(F)F)nn12)c1ccnc(CN2CCCC2)c1. The predicted molar refractivity (Wildman–Crippen MR) is 120 cm³/mol. The van der Waals surface area contributed by atoms with Crippen molar-refractivity contribution < 1.29 is 18.0 Å². The Balaban J connectivity index is 1.42. The quantitative estimate of drug-likeness (QED) is 0.463. The number of pyridine rings is 1. The van der Waals surface area contributed by atoms with Gasteiger partial charge in [0.15, 0.2) is 11.5 Å². The number of carbonyl (C=O) groups is 1. The van der Waals surface area contributed by atoms with Crippen molar-refractivity contribution in [3.05, 3.63) is 77.7 Å². The van der Waals surface area contributed by atoms with Gasteiger partial charge < -0.3 is 5.32 Å². The van der Waals surface area contributed by atoms with E-state index in [0.29, 0.717) is 17.8 Å². The van der Waals surface area contributed by atoms with E-state index in [1.54, 1.807) is 24.4 Å². The van der Waals surface area contributed by atoms with Crippen LogP contribution in [0.5, 0.6) is 0 Å². The summed E-state index contributed by atoms with van der Waals surface area (Å²) in [5, 5.41) is 7.09. The monoisotopic (exact) mass is 466 g/mol. The van der Waals surface area contributed by atoms with E-state index in [0.717, 1.165) is 37.7 Å². The maximum Gasteiger partial charge on any atom is 0.417 e. The highest BCUT2D eigenvalue weighted by molar-refractivity contribution is 6.03. The first kappa shape index (κ1) is 22.0. The number of likely N-dealkylation sites (tertiary alicyclic amines) is 1. The molecule has 1 aliphatic rings. The van der Waals surface area contributed by atoms with Crippen LogP contribution in [0.3, 0.4) is 0 Å². The fourth-order valence-electron chi connectivity index (χ4n) is 4.12. The number of fused-ring (bicyclic) bond motifs is 1. The second-order valence-electron chi connectivity index (χ2n) is 8.15. The van der Waals surface area contributed by atoms with E-state index in [-0.39, 0.29) is 23.0 Å². The molecule has 0 atom stereocenters. The summed E-state index contributed by atoms with van der Waals surface area (Å²) in [7, 11) is 0. The number of halogens is 3. The molecule has 7 nitrogen and oxygen atoms in total. The first-order valence-electron chi connectivity index (χ1n) is 10.9. The maximum absolute atomic E-state index is 13.5. The van der Waals surface area contributed by atoms with Crippen LogP contribution in [0.1, 0.15) is 34.5 Å². The largest absolute Gasteiger partial charge is 0.417 e. The Kier molecular flexibility index (Phi) is 5.74. The Bertz CT molecular complexity index is 1340. The minimum atomic E-state index is -4.52. The fourth-order valence-corrected chi connectivity index (χ4v) is 4.12. The summed E-state index contributed by atoms with van der Waals surface area (Å²) < 4.78 is 41.8. The van der Waals surface area contributed by atoms with E-state index in [2.05, 4.69) is 25.3 Å². The second-order valence-corrected chi connectivity index (χ2v) is 8.15. The first-order chi connectivity index (χ1) is 16.4. The number of benzene rings is 1. The summed E-state index contributed by atoms with van der Waals surface area (Å²) in [6.45, 7) is 2.72. The molecule has 4 aromatic rings. The van der Waals surface area contributed by atoms with Crippen LogP contribution in [0.2, 0.25) is 0 Å². The Morgan fingerprint density at radius 3 is 2.62 bits per heavy atom. The number of carbonyl (C=O) groups excluding carboxylic acids is 1. The van der Waals surface area contributed by atoms with Gasteiger partial charge >= 0.3 is 6.18 Å². The van der Waals surface area contributed by atoms with Crippen molar-refractivity contribution in [2.75, 3.05) is 18.4 Å². The zero-order valence-electron chi connectivity index (χ0n) is 18.1. The highest BCUT2D eigenvalue weighted by atomic mass is 19.4. The molecule has 174 valence electrons. The predicted octanol–water partition coefficient (Wildman–Crippen LogP) is 4.66. The number of anilines is 1. The van der Waals surface area contributed by atoms with Crippen LogP contribution < -0.4 is 5.32 Å². The maximum atomic E-state index is 13.5. The molecule has 0 saturated carbocycles. The molecular formula is C24H21F3N6O. The lowest BCUT2D eigenvalue weighted by Crippen LogP contribution is -2.20. The van der Waals surface area contributed by atoms with Crippen LogP contribution in [-0.4, -0.2) is 43.5 Å². The molecule has 1 amide bonds.